The van der Waals surface area contributed by atoms with Gasteiger partial charge in [-0.05, 0) is 12.1 Å². The maximum absolute atomic E-state index is 13.4. The van der Waals surface area contributed by atoms with Crippen molar-refractivity contribution >= 4 is 11.7 Å². The van der Waals surface area contributed by atoms with Crippen LogP contribution in [0.4, 0.5) is 14.9 Å². The summed E-state index contributed by atoms with van der Waals surface area (Å²) < 4.78 is 14.7. The van der Waals surface area contributed by atoms with Crippen LogP contribution in [0.1, 0.15) is 0 Å². The molecule has 0 radical (unpaired) electrons. The normalized spacial score (nSPS) is 10.1. The SMILES string of the molecule is CN(C(=O)n1ccnc1)c1ccccc1F. The molecule has 5 heteroatoms. The Morgan fingerprint density at radius 2 is 2.19 bits per heavy atom. The molecule has 2 aromatic rings. The van der Waals surface area contributed by atoms with Crippen LogP contribution in [-0.4, -0.2) is 22.6 Å². The Balaban J connectivity index is 2.30. The molecule has 0 aliphatic heterocycles. The van der Waals surface area contributed by atoms with Crippen molar-refractivity contribution in [3.63, 3.8) is 0 Å². The molecule has 0 bridgehead atoms. The second kappa shape index (κ2) is 4.14. The van der Waals surface area contributed by atoms with Gasteiger partial charge >= 0.3 is 6.03 Å². The average Bonchev–Trinajstić information content (AvgIpc) is 2.81. The molecule has 0 atom stereocenters. The van der Waals surface area contributed by atoms with Crippen LogP contribution in [0.25, 0.3) is 0 Å². The van der Waals surface area contributed by atoms with Crippen LogP contribution in [0.2, 0.25) is 0 Å². The molecule has 0 saturated carbocycles. The number of anilines is 1. The molecule has 0 unspecified atom stereocenters. The highest BCUT2D eigenvalue weighted by molar-refractivity contribution is 5.92. The highest BCUT2D eigenvalue weighted by Crippen LogP contribution is 2.17. The number of amides is 1. The van der Waals surface area contributed by atoms with Gasteiger partial charge in [0.1, 0.15) is 12.1 Å². The third kappa shape index (κ3) is 1.79. The van der Waals surface area contributed by atoms with E-state index >= 15 is 0 Å². The zero-order valence-electron chi connectivity index (χ0n) is 8.67. The first kappa shape index (κ1) is 10.4. The molecular formula is C11H10FN3O. The van der Waals surface area contributed by atoms with Crippen LogP contribution < -0.4 is 4.90 Å². The monoisotopic (exact) mass is 219 g/mol. The van der Waals surface area contributed by atoms with Gasteiger partial charge < -0.3 is 0 Å². The summed E-state index contributed by atoms with van der Waals surface area (Å²) in [4.78, 5) is 16.8. The van der Waals surface area contributed by atoms with E-state index in [9.17, 15) is 9.18 Å². The number of halogens is 1. The van der Waals surface area contributed by atoms with Crippen molar-refractivity contribution < 1.29 is 9.18 Å². The minimum atomic E-state index is -0.432. The van der Waals surface area contributed by atoms with E-state index in [1.807, 2.05) is 0 Å². The zero-order valence-corrected chi connectivity index (χ0v) is 8.67. The number of carbonyl (C=O) groups is 1. The van der Waals surface area contributed by atoms with E-state index in [-0.39, 0.29) is 11.7 Å². The molecule has 0 spiro atoms. The van der Waals surface area contributed by atoms with Crippen LogP contribution in [0.5, 0.6) is 0 Å². The molecule has 1 amide bonds. The Hall–Kier alpha value is -2.17. The van der Waals surface area contributed by atoms with Gasteiger partial charge in [-0.25, -0.2) is 14.2 Å². The Morgan fingerprint density at radius 3 is 2.81 bits per heavy atom. The first-order valence-electron chi connectivity index (χ1n) is 4.70. The average molecular weight is 219 g/mol. The summed E-state index contributed by atoms with van der Waals surface area (Å²) in [5.41, 5.74) is 0.237. The minimum absolute atomic E-state index is 0.237. The van der Waals surface area contributed by atoms with Crippen LogP contribution in [0.3, 0.4) is 0 Å². The molecule has 82 valence electrons. The Labute approximate surface area is 91.9 Å². The van der Waals surface area contributed by atoms with Gasteiger partial charge in [0.15, 0.2) is 0 Å². The standard InChI is InChI=1S/C11H10FN3O/c1-14(10-5-3-2-4-9(10)12)11(16)15-7-6-13-8-15/h2-8H,1H3. The predicted octanol–water partition coefficient (Wildman–Crippen LogP) is 2.13. The Kier molecular flexibility index (Phi) is 2.68. The fraction of sp³-hybridized carbons (Fsp3) is 0.0909. The topological polar surface area (TPSA) is 38.1 Å². The molecule has 4 nitrogen and oxygen atoms in total. The number of hydrogen-bond acceptors (Lipinski definition) is 2. The number of nitrogens with zero attached hydrogens (tertiary/aromatic N) is 3. The quantitative estimate of drug-likeness (QED) is 0.736. The van der Waals surface area contributed by atoms with Crippen LogP contribution >= 0.6 is 0 Å². The summed E-state index contributed by atoms with van der Waals surface area (Å²) in [6, 6.07) is 5.75. The number of rotatable bonds is 1. The number of para-hydroxylation sites is 1. The van der Waals surface area contributed by atoms with Crippen molar-refractivity contribution in [2.24, 2.45) is 0 Å². The smallest absolute Gasteiger partial charge is 0.294 e. The fourth-order valence-electron chi connectivity index (χ4n) is 1.37. The number of aromatic nitrogens is 2. The Bertz CT molecular complexity index is 496. The Morgan fingerprint density at radius 1 is 1.44 bits per heavy atom. The second-order valence-corrected chi connectivity index (χ2v) is 3.26. The van der Waals surface area contributed by atoms with E-state index < -0.39 is 5.82 Å². The molecule has 1 aromatic carbocycles. The van der Waals surface area contributed by atoms with Crippen molar-refractivity contribution in [2.75, 3.05) is 11.9 Å². The molecular weight excluding hydrogens is 209 g/mol. The summed E-state index contributed by atoms with van der Waals surface area (Å²) in [5, 5.41) is 0. The van der Waals surface area contributed by atoms with Crippen molar-refractivity contribution in [1.29, 1.82) is 0 Å². The summed E-state index contributed by atoms with van der Waals surface area (Å²) in [5.74, 6) is -0.432. The number of hydrogen-bond donors (Lipinski definition) is 0. The van der Waals surface area contributed by atoms with Gasteiger partial charge in [0, 0.05) is 19.4 Å². The maximum Gasteiger partial charge on any atom is 0.333 e. The van der Waals surface area contributed by atoms with Crippen LogP contribution in [-0.2, 0) is 0 Å². The van der Waals surface area contributed by atoms with Gasteiger partial charge in [0.25, 0.3) is 0 Å². The highest BCUT2D eigenvalue weighted by Gasteiger charge is 2.15. The van der Waals surface area contributed by atoms with Gasteiger partial charge in [-0.1, -0.05) is 12.1 Å². The third-order valence-electron chi connectivity index (χ3n) is 2.23. The molecule has 0 aliphatic carbocycles. The first-order valence-corrected chi connectivity index (χ1v) is 4.70. The van der Waals surface area contributed by atoms with Crippen molar-refractivity contribution in [1.82, 2.24) is 9.55 Å². The van der Waals surface area contributed by atoms with E-state index in [0.717, 1.165) is 0 Å². The van der Waals surface area contributed by atoms with E-state index in [1.165, 1.54) is 41.3 Å². The van der Waals surface area contributed by atoms with E-state index in [0.29, 0.717) is 0 Å². The number of imidazole rings is 1. The molecule has 2 rings (SSSR count). The molecule has 0 fully saturated rings. The van der Waals surface area contributed by atoms with Crippen LogP contribution in [0.15, 0.2) is 43.0 Å². The second-order valence-electron chi connectivity index (χ2n) is 3.26. The lowest BCUT2D eigenvalue weighted by Gasteiger charge is -2.17. The molecule has 0 aliphatic rings. The van der Waals surface area contributed by atoms with Gasteiger partial charge in [0.2, 0.25) is 0 Å². The maximum atomic E-state index is 13.4. The fourth-order valence-corrected chi connectivity index (χ4v) is 1.37. The molecule has 16 heavy (non-hydrogen) atoms. The van der Waals surface area contributed by atoms with Gasteiger partial charge in [-0.3, -0.25) is 9.47 Å². The predicted molar refractivity (Wildman–Crippen MR) is 57.8 cm³/mol. The molecule has 0 saturated heterocycles. The third-order valence-corrected chi connectivity index (χ3v) is 2.23. The van der Waals surface area contributed by atoms with Gasteiger partial charge in [-0.2, -0.15) is 0 Å². The summed E-state index contributed by atoms with van der Waals surface area (Å²) in [7, 11) is 1.51. The molecule has 1 aromatic heterocycles. The summed E-state index contributed by atoms with van der Waals surface area (Å²) in [6.45, 7) is 0. The van der Waals surface area contributed by atoms with Crippen molar-refractivity contribution in [3.05, 3.63) is 48.8 Å². The van der Waals surface area contributed by atoms with E-state index in [2.05, 4.69) is 4.98 Å². The largest absolute Gasteiger partial charge is 0.333 e. The first-order chi connectivity index (χ1) is 7.70. The van der Waals surface area contributed by atoms with Gasteiger partial charge in [-0.15, -0.1) is 0 Å². The van der Waals surface area contributed by atoms with E-state index in [4.69, 9.17) is 0 Å². The summed E-state index contributed by atoms with van der Waals surface area (Å²) >= 11 is 0. The summed E-state index contributed by atoms with van der Waals surface area (Å²) in [6.07, 6.45) is 4.38. The lowest BCUT2D eigenvalue weighted by atomic mass is 10.3. The van der Waals surface area contributed by atoms with Crippen LogP contribution in [0, 0.1) is 5.82 Å². The minimum Gasteiger partial charge on any atom is -0.294 e. The molecule has 0 N–H and O–H groups in total. The van der Waals surface area contributed by atoms with Crippen molar-refractivity contribution in [3.8, 4) is 0 Å². The van der Waals surface area contributed by atoms with Gasteiger partial charge in [0.05, 0.1) is 5.69 Å². The van der Waals surface area contributed by atoms with E-state index in [1.54, 1.807) is 18.2 Å². The lowest BCUT2D eigenvalue weighted by molar-refractivity contribution is 0.248. The molecule has 1 heterocycles. The number of carbonyl (C=O) groups excluding carboxylic acids is 1. The highest BCUT2D eigenvalue weighted by atomic mass is 19.1. The zero-order chi connectivity index (χ0) is 11.5. The number of benzene rings is 1. The lowest BCUT2D eigenvalue weighted by Crippen LogP contribution is -2.30. The van der Waals surface area contributed by atoms with Crippen molar-refractivity contribution in [2.45, 2.75) is 0 Å².